The summed E-state index contributed by atoms with van der Waals surface area (Å²) in [5, 5.41) is 0. The summed E-state index contributed by atoms with van der Waals surface area (Å²) in [4.78, 5) is 0. The molecule has 0 radical (unpaired) electrons. The van der Waals surface area contributed by atoms with Gasteiger partial charge < -0.3 is 4.18 Å². The van der Waals surface area contributed by atoms with E-state index in [4.69, 9.17) is 8.37 Å². The highest BCUT2D eigenvalue weighted by Crippen LogP contribution is 2.14. The van der Waals surface area contributed by atoms with Crippen LogP contribution in [0.25, 0.3) is 0 Å². The minimum absolute atomic E-state index is 0.256. The predicted octanol–water partition coefficient (Wildman–Crippen LogP) is 2.52. The van der Waals surface area contributed by atoms with Crippen LogP contribution in [0.15, 0.2) is 30.3 Å². The minimum atomic E-state index is -3.96. The number of hydrogen-bond acceptors (Lipinski definition) is 4. The smallest absolute Gasteiger partial charge is 0.362 e. The number of benzene rings is 1. The largest absolute Gasteiger partial charge is 0.449 e. The topological polar surface area (TPSA) is 52.6 Å². The van der Waals surface area contributed by atoms with Crippen LogP contribution in [0, 0.1) is 0 Å². The molecule has 0 amide bonds. The Bertz CT molecular complexity index is 399. The molecule has 0 aromatic heterocycles. The summed E-state index contributed by atoms with van der Waals surface area (Å²) in [6.07, 6.45) is 1.18. The van der Waals surface area contributed by atoms with E-state index in [1.165, 1.54) is 0 Å². The molecule has 5 heteroatoms. The fraction of sp³-hybridized carbons (Fsp3) is 0.455. The van der Waals surface area contributed by atoms with E-state index in [-0.39, 0.29) is 11.9 Å². The van der Waals surface area contributed by atoms with E-state index in [0.717, 1.165) is 6.42 Å². The molecule has 1 atom stereocenters. The van der Waals surface area contributed by atoms with Gasteiger partial charge in [-0.05, 0) is 25.5 Å². The van der Waals surface area contributed by atoms with Gasteiger partial charge in [-0.2, -0.15) is 8.42 Å². The van der Waals surface area contributed by atoms with Crippen LogP contribution < -0.4 is 4.18 Å². The molecule has 0 aliphatic rings. The predicted molar refractivity (Wildman–Crippen MR) is 61.4 cm³/mol. The molecule has 0 N–H and O–H groups in total. The third-order valence-corrected chi connectivity index (χ3v) is 2.88. The molecule has 0 aliphatic carbocycles. The average Bonchev–Trinajstić information content (AvgIpc) is 2.17. The van der Waals surface area contributed by atoms with Crippen molar-refractivity contribution in [3.8, 4) is 5.75 Å². The van der Waals surface area contributed by atoms with Gasteiger partial charge in [-0.1, -0.05) is 31.5 Å². The fourth-order valence-corrected chi connectivity index (χ4v) is 2.15. The Morgan fingerprint density at radius 1 is 1.25 bits per heavy atom. The molecule has 0 bridgehead atoms. The third kappa shape index (κ3) is 4.63. The van der Waals surface area contributed by atoms with Crippen LogP contribution >= 0.6 is 0 Å². The van der Waals surface area contributed by atoms with E-state index >= 15 is 0 Å². The zero-order valence-electron chi connectivity index (χ0n) is 9.42. The normalized spacial score (nSPS) is 13.4. The van der Waals surface area contributed by atoms with Crippen molar-refractivity contribution in [1.82, 2.24) is 0 Å². The number of para-hydroxylation sites is 1. The summed E-state index contributed by atoms with van der Waals surface area (Å²) in [6.45, 7) is 3.67. The van der Waals surface area contributed by atoms with E-state index < -0.39 is 10.4 Å². The molecule has 0 aliphatic heterocycles. The summed E-state index contributed by atoms with van der Waals surface area (Å²) in [7, 11) is -3.96. The summed E-state index contributed by atoms with van der Waals surface area (Å²) in [5.41, 5.74) is 0. The molecule has 0 heterocycles. The Balaban J connectivity index is 2.59. The maximum atomic E-state index is 11.4. The summed E-state index contributed by atoms with van der Waals surface area (Å²) < 4.78 is 32.5. The lowest BCUT2D eigenvalue weighted by Gasteiger charge is -2.11. The van der Waals surface area contributed by atoms with Crippen molar-refractivity contribution in [1.29, 1.82) is 0 Å². The van der Waals surface area contributed by atoms with Gasteiger partial charge in [-0.15, -0.1) is 0 Å². The van der Waals surface area contributed by atoms with Gasteiger partial charge in [0, 0.05) is 0 Å². The van der Waals surface area contributed by atoms with E-state index in [2.05, 4.69) is 0 Å². The standard InChI is InChI=1S/C11H16O4S/c1-3-7-10(2)14-16(12,13)15-11-8-5-4-6-9-11/h4-6,8-10H,3,7H2,1-2H3. The second-order valence-electron chi connectivity index (χ2n) is 3.50. The van der Waals surface area contributed by atoms with Gasteiger partial charge in [0.2, 0.25) is 0 Å². The number of hydrogen-bond donors (Lipinski definition) is 0. The molecular formula is C11H16O4S. The zero-order valence-corrected chi connectivity index (χ0v) is 10.2. The van der Waals surface area contributed by atoms with Crippen molar-refractivity contribution in [2.24, 2.45) is 0 Å². The summed E-state index contributed by atoms with van der Waals surface area (Å²) in [6, 6.07) is 8.29. The van der Waals surface area contributed by atoms with E-state index in [9.17, 15) is 8.42 Å². The Morgan fingerprint density at radius 2 is 1.88 bits per heavy atom. The van der Waals surface area contributed by atoms with Crippen LogP contribution in [0.3, 0.4) is 0 Å². The van der Waals surface area contributed by atoms with Crippen LogP contribution in [-0.2, 0) is 14.6 Å². The molecule has 1 aromatic rings. The molecule has 1 unspecified atom stereocenters. The average molecular weight is 244 g/mol. The Labute approximate surface area is 96.5 Å². The van der Waals surface area contributed by atoms with E-state index in [0.29, 0.717) is 6.42 Å². The molecule has 0 saturated carbocycles. The maximum absolute atomic E-state index is 11.4. The van der Waals surface area contributed by atoms with E-state index in [1.54, 1.807) is 37.3 Å². The molecule has 0 saturated heterocycles. The van der Waals surface area contributed by atoms with Crippen LogP contribution in [0.4, 0.5) is 0 Å². The molecule has 0 fully saturated rings. The highest BCUT2D eigenvalue weighted by Gasteiger charge is 2.17. The molecule has 1 rings (SSSR count). The van der Waals surface area contributed by atoms with Crippen LogP contribution in [0.2, 0.25) is 0 Å². The van der Waals surface area contributed by atoms with Gasteiger partial charge in [0.1, 0.15) is 5.75 Å². The highest BCUT2D eigenvalue weighted by molar-refractivity contribution is 7.82. The van der Waals surface area contributed by atoms with Crippen molar-refractivity contribution >= 4 is 10.4 Å². The third-order valence-electron chi connectivity index (χ3n) is 1.92. The van der Waals surface area contributed by atoms with Crippen molar-refractivity contribution in [3.63, 3.8) is 0 Å². The maximum Gasteiger partial charge on any atom is 0.449 e. The molecular weight excluding hydrogens is 228 g/mol. The van der Waals surface area contributed by atoms with Crippen LogP contribution in [0.5, 0.6) is 5.75 Å². The van der Waals surface area contributed by atoms with Crippen LogP contribution in [0.1, 0.15) is 26.7 Å². The molecule has 16 heavy (non-hydrogen) atoms. The molecule has 1 aromatic carbocycles. The van der Waals surface area contributed by atoms with Crippen molar-refractivity contribution in [2.75, 3.05) is 0 Å². The first-order valence-corrected chi connectivity index (χ1v) is 6.54. The molecule has 4 nitrogen and oxygen atoms in total. The lowest BCUT2D eigenvalue weighted by Crippen LogP contribution is -2.19. The van der Waals surface area contributed by atoms with Gasteiger partial charge in [0.25, 0.3) is 0 Å². The Hall–Kier alpha value is -1.07. The Morgan fingerprint density at radius 3 is 2.44 bits per heavy atom. The molecule has 0 spiro atoms. The second-order valence-corrected chi connectivity index (χ2v) is 4.68. The Kier molecular flexibility index (Phi) is 4.76. The van der Waals surface area contributed by atoms with Gasteiger partial charge >= 0.3 is 10.4 Å². The van der Waals surface area contributed by atoms with Crippen molar-refractivity contribution in [3.05, 3.63) is 30.3 Å². The SMILES string of the molecule is CCCC(C)OS(=O)(=O)Oc1ccccc1. The van der Waals surface area contributed by atoms with Gasteiger partial charge in [-0.25, -0.2) is 4.18 Å². The van der Waals surface area contributed by atoms with Gasteiger partial charge in [-0.3, -0.25) is 0 Å². The minimum Gasteiger partial charge on any atom is -0.362 e. The lowest BCUT2D eigenvalue weighted by atomic mass is 10.2. The van der Waals surface area contributed by atoms with Crippen molar-refractivity contribution < 1.29 is 16.8 Å². The second kappa shape index (κ2) is 5.86. The highest BCUT2D eigenvalue weighted by atomic mass is 32.3. The lowest BCUT2D eigenvalue weighted by molar-refractivity contribution is 0.191. The zero-order chi connectivity index (χ0) is 12.0. The monoisotopic (exact) mass is 244 g/mol. The fourth-order valence-electron chi connectivity index (χ4n) is 1.27. The van der Waals surface area contributed by atoms with Crippen LogP contribution in [-0.4, -0.2) is 14.5 Å². The van der Waals surface area contributed by atoms with E-state index in [1.807, 2.05) is 6.92 Å². The first-order valence-electron chi connectivity index (χ1n) is 5.21. The van der Waals surface area contributed by atoms with Crippen molar-refractivity contribution in [2.45, 2.75) is 32.8 Å². The first-order chi connectivity index (χ1) is 7.53. The van der Waals surface area contributed by atoms with Gasteiger partial charge in [0.15, 0.2) is 0 Å². The van der Waals surface area contributed by atoms with Gasteiger partial charge in [0.05, 0.1) is 6.10 Å². The quantitative estimate of drug-likeness (QED) is 0.771. The number of rotatable bonds is 6. The molecule has 90 valence electrons. The summed E-state index contributed by atoms with van der Waals surface area (Å²) in [5.74, 6) is 0.256. The summed E-state index contributed by atoms with van der Waals surface area (Å²) >= 11 is 0. The first kappa shape index (κ1) is 13.0.